The number of hydrogen-bond donors (Lipinski definition) is 2. The van der Waals surface area contributed by atoms with Crippen LogP contribution in [0.1, 0.15) is 56.3 Å². The van der Waals surface area contributed by atoms with E-state index in [4.69, 9.17) is 18.9 Å². The van der Waals surface area contributed by atoms with E-state index in [1.807, 2.05) is 6.92 Å². The van der Waals surface area contributed by atoms with Gasteiger partial charge >= 0.3 is 0 Å². The third-order valence-corrected chi connectivity index (χ3v) is 12.9. The number of aldehydes is 1. The van der Waals surface area contributed by atoms with Gasteiger partial charge < -0.3 is 34.4 Å². The van der Waals surface area contributed by atoms with Gasteiger partial charge in [-0.3, -0.25) is 9.59 Å². The first-order chi connectivity index (χ1) is 21.7. The van der Waals surface area contributed by atoms with Crippen molar-refractivity contribution in [2.45, 2.75) is 78.2 Å². The molecule has 0 bridgehead atoms. The van der Waals surface area contributed by atoms with Crippen LogP contribution < -0.4 is 25.4 Å². The van der Waals surface area contributed by atoms with Crippen LogP contribution in [0.5, 0.6) is 11.5 Å². The van der Waals surface area contributed by atoms with Crippen molar-refractivity contribution >= 4 is 70.8 Å². The minimum Gasteiger partial charge on any atom is -0.496 e. The highest BCUT2D eigenvalue weighted by Crippen LogP contribution is 2.39. The second-order valence-electron chi connectivity index (χ2n) is 12.3. The Hall–Kier alpha value is -2.39. The van der Waals surface area contributed by atoms with E-state index in [0.29, 0.717) is 42.5 Å². The minimum absolute atomic E-state index is 0.0157. The maximum absolute atomic E-state index is 14.4. The second kappa shape index (κ2) is 13.6. The summed E-state index contributed by atoms with van der Waals surface area (Å²) in [5, 5.41) is 6.36. The lowest BCUT2D eigenvalue weighted by Gasteiger charge is -2.33. The van der Waals surface area contributed by atoms with Crippen molar-refractivity contribution in [2.75, 3.05) is 19.2 Å². The third-order valence-electron chi connectivity index (χ3n) is 8.93. The fourth-order valence-corrected chi connectivity index (χ4v) is 8.14. The summed E-state index contributed by atoms with van der Waals surface area (Å²) in [6.45, 7) is 2.90. The first kappa shape index (κ1) is 34.9. The Morgan fingerprint density at radius 2 is 1.89 bits per heavy atom. The number of alkyl halides is 2. The SMILES string of the molecule is COc1cc(P)c(O[C@H]2CC[C@@](C)(C=O)CC2)cc1C(=O)N[C@H]1[C@@H]2OCO[C@@H]2C[C@H]1C(=O)Nc1cccc(S(=O)(=O)C(C)(F)I)c1. The number of anilines is 1. The summed E-state index contributed by atoms with van der Waals surface area (Å²) in [6.07, 6.45) is 2.90. The van der Waals surface area contributed by atoms with Gasteiger partial charge in [-0.1, -0.05) is 13.0 Å². The number of ether oxygens (including phenoxy) is 4. The first-order valence-corrected chi connectivity index (χ1v) is 18.0. The molecule has 2 saturated carbocycles. The molecule has 2 amide bonds. The van der Waals surface area contributed by atoms with Crippen LogP contribution in [0.15, 0.2) is 41.3 Å². The summed E-state index contributed by atoms with van der Waals surface area (Å²) in [7, 11) is -0.277. The number of halogens is 2. The van der Waals surface area contributed by atoms with Crippen molar-refractivity contribution in [2.24, 2.45) is 11.3 Å². The van der Waals surface area contributed by atoms with Gasteiger partial charge in [0, 0.05) is 16.4 Å². The van der Waals surface area contributed by atoms with E-state index >= 15 is 0 Å². The molecule has 3 aliphatic rings. The van der Waals surface area contributed by atoms with Crippen molar-refractivity contribution in [3.8, 4) is 11.5 Å². The molecule has 0 radical (unpaired) electrons. The second-order valence-corrected chi connectivity index (χ2v) is 17.9. The van der Waals surface area contributed by atoms with Crippen molar-refractivity contribution < 1.29 is 46.1 Å². The average molecular weight is 791 g/mol. The highest BCUT2D eigenvalue weighted by atomic mass is 127. The average Bonchev–Trinajstić information content (AvgIpc) is 3.61. The number of methoxy groups -OCH3 is 1. The van der Waals surface area contributed by atoms with Gasteiger partial charge in [-0.05, 0) is 92.0 Å². The molecule has 3 fully saturated rings. The molecular weight excluding hydrogens is 753 g/mol. The van der Waals surface area contributed by atoms with Crippen LogP contribution in [0, 0.1) is 11.3 Å². The number of benzene rings is 2. The standard InChI is InChI=1S/C31H37FIN2O9PS/c1-30(15-36)9-7-18(8-10-30)44-23-12-20(22(41-3)14-25(23)45)28(37)35-26-21(13-24-27(26)43-16-42-24)29(38)34-17-5-4-6-19(11-17)46(39,40)31(2,32)33/h4-6,11-12,14-15,18,21,24,26-27H,7-10,13,16,45H2,1-3H3,(H,34,38)(H,35,37)/t18-,21-,24-,26-,27-,30+,31?/m1/s1. The van der Waals surface area contributed by atoms with E-state index in [0.717, 1.165) is 13.2 Å². The van der Waals surface area contributed by atoms with Crippen LogP contribution in [0.3, 0.4) is 0 Å². The molecular formula is C31H37FIN2O9PS. The Balaban J connectivity index is 1.34. The molecule has 2 aromatic carbocycles. The van der Waals surface area contributed by atoms with Crippen LogP contribution in [-0.2, 0) is 28.9 Å². The molecule has 1 aliphatic heterocycles. The quantitative estimate of drug-likeness (QED) is 0.158. The smallest absolute Gasteiger partial charge is 0.261 e. The van der Waals surface area contributed by atoms with Crippen molar-refractivity contribution in [1.82, 2.24) is 5.32 Å². The topological polar surface area (TPSA) is 146 Å². The van der Waals surface area contributed by atoms with E-state index in [2.05, 4.69) is 19.9 Å². The van der Waals surface area contributed by atoms with Gasteiger partial charge in [0.05, 0.1) is 41.7 Å². The molecule has 2 aliphatic carbocycles. The van der Waals surface area contributed by atoms with Crippen molar-refractivity contribution in [3.05, 3.63) is 42.0 Å². The molecule has 250 valence electrons. The number of amides is 2. The molecule has 2 aromatic rings. The van der Waals surface area contributed by atoms with Gasteiger partial charge in [0.2, 0.25) is 15.7 Å². The number of sulfone groups is 1. The maximum atomic E-state index is 14.4. The summed E-state index contributed by atoms with van der Waals surface area (Å²) in [4.78, 5) is 38.6. The van der Waals surface area contributed by atoms with Crippen LogP contribution in [0.2, 0.25) is 0 Å². The Morgan fingerprint density at radius 3 is 2.54 bits per heavy atom. The monoisotopic (exact) mass is 790 g/mol. The Morgan fingerprint density at radius 1 is 1.17 bits per heavy atom. The molecule has 5 rings (SSSR count). The summed E-state index contributed by atoms with van der Waals surface area (Å²) < 4.78 is 60.4. The fraction of sp³-hybridized carbons (Fsp3) is 0.516. The molecule has 2 unspecified atom stereocenters. The molecule has 1 saturated heterocycles. The molecule has 11 nitrogen and oxygen atoms in total. The van der Waals surface area contributed by atoms with E-state index < -0.39 is 48.8 Å². The molecule has 2 N–H and O–H groups in total. The molecule has 1 heterocycles. The number of carbonyl (C=O) groups is 3. The fourth-order valence-electron chi connectivity index (χ4n) is 6.13. The van der Waals surface area contributed by atoms with Gasteiger partial charge in [-0.15, -0.1) is 9.24 Å². The molecule has 46 heavy (non-hydrogen) atoms. The predicted octanol–water partition coefficient (Wildman–Crippen LogP) is 4.07. The Bertz CT molecular complexity index is 1610. The van der Waals surface area contributed by atoms with Crippen molar-refractivity contribution in [1.29, 1.82) is 0 Å². The summed E-state index contributed by atoms with van der Waals surface area (Å²) in [5.41, 5.74) is 0.00444. The number of rotatable bonds is 10. The zero-order valence-electron chi connectivity index (χ0n) is 25.6. The minimum atomic E-state index is -4.32. The van der Waals surface area contributed by atoms with Crippen LogP contribution in [-0.4, -0.2) is 67.8 Å². The van der Waals surface area contributed by atoms with Gasteiger partial charge in [0.15, 0.2) is 0 Å². The maximum Gasteiger partial charge on any atom is 0.261 e. The summed E-state index contributed by atoms with van der Waals surface area (Å²) in [5.74, 6) is -1.01. The van der Waals surface area contributed by atoms with E-state index in [1.54, 1.807) is 12.1 Å². The number of nitrogens with one attached hydrogen (secondary N) is 2. The van der Waals surface area contributed by atoms with Gasteiger partial charge in [-0.2, -0.15) is 0 Å². The predicted molar refractivity (Wildman–Crippen MR) is 179 cm³/mol. The van der Waals surface area contributed by atoms with E-state index in [1.165, 1.54) is 54.0 Å². The summed E-state index contributed by atoms with van der Waals surface area (Å²) >= 11 is 1.21. The molecule has 0 spiro atoms. The highest BCUT2D eigenvalue weighted by molar-refractivity contribution is 14.1. The zero-order valence-corrected chi connectivity index (χ0v) is 29.7. The van der Waals surface area contributed by atoms with Crippen LogP contribution in [0.4, 0.5) is 10.1 Å². The van der Waals surface area contributed by atoms with Gasteiger partial charge in [-0.25, -0.2) is 12.8 Å². The van der Waals surface area contributed by atoms with Crippen LogP contribution in [0.25, 0.3) is 0 Å². The van der Waals surface area contributed by atoms with Crippen LogP contribution >= 0.6 is 31.8 Å². The summed E-state index contributed by atoms with van der Waals surface area (Å²) in [6, 6.07) is 7.86. The van der Waals surface area contributed by atoms with E-state index in [9.17, 15) is 27.2 Å². The van der Waals surface area contributed by atoms with E-state index in [-0.39, 0.29) is 40.9 Å². The third kappa shape index (κ3) is 7.20. The zero-order chi connectivity index (χ0) is 33.4. The van der Waals surface area contributed by atoms with Gasteiger partial charge in [0.1, 0.15) is 30.7 Å². The Kier molecular flexibility index (Phi) is 10.3. The number of fused-ring (bicyclic) bond motifs is 1. The largest absolute Gasteiger partial charge is 0.496 e. The molecule has 6 atom stereocenters. The highest BCUT2D eigenvalue weighted by Gasteiger charge is 2.51. The number of hydrogen-bond acceptors (Lipinski definition) is 9. The number of carbonyl (C=O) groups excluding carboxylic acids is 3. The van der Waals surface area contributed by atoms with Gasteiger partial charge in [0.25, 0.3) is 8.91 Å². The lowest BCUT2D eigenvalue weighted by atomic mass is 9.76. The molecule has 0 aromatic heterocycles. The first-order valence-electron chi connectivity index (χ1n) is 14.8. The normalized spacial score (nSPS) is 28.9. The molecule has 15 heteroatoms. The lowest BCUT2D eigenvalue weighted by molar-refractivity contribution is -0.121. The van der Waals surface area contributed by atoms with Crippen molar-refractivity contribution in [3.63, 3.8) is 0 Å². The lowest BCUT2D eigenvalue weighted by Crippen LogP contribution is -2.48. The Labute approximate surface area is 283 Å².